The summed E-state index contributed by atoms with van der Waals surface area (Å²) in [5, 5.41) is 4.40. The van der Waals surface area contributed by atoms with Gasteiger partial charge in [-0.1, -0.05) is 0 Å². The van der Waals surface area contributed by atoms with E-state index in [9.17, 15) is 4.79 Å². The summed E-state index contributed by atoms with van der Waals surface area (Å²) in [6.45, 7) is 6.43. The maximum Gasteiger partial charge on any atom is 0.254 e. The van der Waals surface area contributed by atoms with Crippen molar-refractivity contribution in [1.82, 2.24) is 19.9 Å². The lowest BCUT2D eigenvalue weighted by molar-refractivity contribution is 0.986. The predicted octanol–water partition coefficient (Wildman–Crippen LogP) is 2.87. The fourth-order valence-corrected chi connectivity index (χ4v) is 3.02. The minimum atomic E-state index is -0.113. The quantitative estimate of drug-likeness (QED) is 0.745. The molecule has 0 radical (unpaired) electrons. The zero-order chi connectivity index (χ0) is 17.1. The molecule has 6 nitrogen and oxygen atoms in total. The standard InChI is InChI=1S/C17H19N5OS/c1-10-8-20-15(24-10)6-7-18-14-5-4-13(9-19-14)16-21-12(3)11(2)17(23)22-16/h4-5,8-9H,6-7H2,1-3H3,(H,18,19)(H,21,22,23). The largest absolute Gasteiger partial charge is 0.370 e. The van der Waals surface area contributed by atoms with Crippen molar-refractivity contribution < 1.29 is 0 Å². The van der Waals surface area contributed by atoms with Gasteiger partial charge in [-0.2, -0.15) is 0 Å². The predicted molar refractivity (Wildman–Crippen MR) is 96.6 cm³/mol. The molecule has 7 heteroatoms. The van der Waals surface area contributed by atoms with Crippen LogP contribution < -0.4 is 10.9 Å². The highest BCUT2D eigenvalue weighted by atomic mass is 32.1. The number of rotatable bonds is 5. The summed E-state index contributed by atoms with van der Waals surface area (Å²) in [5.74, 6) is 1.33. The van der Waals surface area contributed by atoms with Crippen molar-refractivity contribution in [2.24, 2.45) is 0 Å². The van der Waals surface area contributed by atoms with Gasteiger partial charge in [0.05, 0.1) is 5.01 Å². The smallest absolute Gasteiger partial charge is 0.254 e. The van der Waals surface area contributed by atoms with E-state index in [0.717, 1.165) is 35.0 Å². The summed E-state index contributed by atoms with van der Waals surface area (Å²) in [5.41, 5.74) is 2.05. The van der Waals surface area contributed by atoms with Crippen molar-refractivity contribution >= 4 is 17.2 Å². The summed E-state index contributed by atoms with van der Waals surface area (Å²) < 4.78 is 0. The molecule has 3 rings (SSSR count). The minimum Gasteiger partial charge on any atom is -0.370 e. The number of pyridine rings is 1. The topological polar surface area (TPSA) is 83.6 Å². The van der Waals surface area contributed by atoms with Crippen molar-refractivity contribution in [2.45, 2.75) is 27.2 Å². The Kier molecular flexibility index (Phi) is 4.71. The second-order valence-electron chi connectivity index (χ2n) is 5.60. The molecule has 3 aromatic rings. The minimum absolute atomic E-state index is 0.113. The number of aromatic amines is 1. The molecule has 0 fully saturated rings. The van der Waals surface area contributed by atoms with Crippen molar-refractivity contribution in [3.05, 3.63) is 56.0 Å². The SMILES string of the molecule is Cc1cnc(CCNc2ccc(-c3nc(C)c(C)c(=O)[nH]3)cn2)s1. The van der Waals surface area contributed by atoms with Crippen LogP contribution >= 0.6 is 11.3 Å². The highest BCUT2D eigenvalue weighted by Crippen LogP contribution is 2.16. The van der Waals surface area contributed by atoms with Crippen LogP contribution in [-0.2, 0) is 6.42 Å². The Labute approximate surface area is 144 Å². The third kappa shape index (κ3) is 3.68. The Bertz CT molecular complexity index is 898. The van der Waals surface area contributed by atoms with Gasteiger partial charge in [0, 0.05) is 47.1 Å². The molecule has 24 heavy (non-hydrogen) atoms. The van der Waals surface area contributed by atoms with Crippen LogP contribution in [0.3, 0.4) is 0 Å². The van der Waals surface area contributed by atoms with Gasteiger partial charge in [-0.05, 0) is 32.9 Å². The van der Waals surface area contributed by atoms with Crippen LogP contribution in [0.1, 0.15) is 21.1 Å². The molecular formula is C17H19N5OS. The lowest BCUT2D eigenvalue weighted by atomic mass is 10.2. The van der Waals surface area contributed by atoms with E-state index in [-0.39, 0.29) is 5.56 Å². The van der Waals surface area contributed by atoms with Gasteiger partial charge in [-0.15, -0.1) is 11.3 Å². The number of thiazole rings is 1. The van der Waals surface area contributed by atoms with Gasteiger partial charge in [-0.3, -0.25) is 4.79 Å². The Hall–Kier alpha value is -2.54. The van der Waals surface area contributed by atoms with E-state index in [1.807, 2.05) is 25.3 Å². The van der Waals surface area contributed by atoms with Crippen molar-refractivity contribution in [1.29, 1.82) is 0 Å². The fourth-order valence-electron chi connectivity index (χ4n) is 2.23. The third-order valence-corrected chi connectivity index (χ3v) is 4.72. The highest BCUT2D eigenvalue weighted by Gasteiger charge is 2.06. The fraction of sp³-hybridized carbons (Fsp3) is 0.294. The molecule has 0 saturated heterocycles. The van der Waals surface area contributed by atoms with E-state index < -0.39 is 0 Å². The van der Waals surface area contributed by atoms with E-state index in [1.54, 1.807) is 24.5 Å². The van der Waals surface area contributed by atoms with E-state index in [2.05, 4.69) is 32.2 Å². The van der Waals surface area contributed by atoms with Crippen molar-refractivity contribution in [3.63, 3.8) is 0 Å². The van der Waals surface area contributed by atoms with Gasteiger partial charge in [0.15, 0.2) is 0 Å². The number of nitrogens with one attached hydrogen (secondary N) is 2. The molecule has 0 aliphatic rings. The zero-order valence-corrected chi connectivity index (χ0v) is 14.7. The van der Waals surface area contributed by atoms with Gasteiger partial charge in [0.2, 0.25) is 0 Å². The van der Waals surface area contributed by atoms with Gasteiger partial charge >= 0.3 is 0 Å². The number of aromatic nitrogens is 4. The van der Waals surface area contributed by atoms with E-state index >= 15 is 0 Å². The van der Waals surface area contributed by atoms with Gasteiger partial charge in [-0.25, -0.2) is 15.0 Å². The van der Waals surface area contributed by atoms with Gasteiger partial charge in [0.25, 0.3) is 5.56 Å². The number of nitrogens with zero attached hydrogens (tertiary/aromatic N) is 3. The Balaban J connectivity index is 1.66. The van der Waals surface area contributed by atoms with E-state index in [0.29, 0.717) is 11.4 Å². The summed E-state index contributed by atoms with van der Waals surface area (Å²) in [4.78, 5) is 29.0. The Morgan fingerprint density at radius 2 is 2.00 bits per heavy atom. The first kappa shape index (κ1) is 16.3. The number of aryl methyl sites for hydroxylation is 2. The van der Waals surface area contributed by atoms with E-state index in [4.69, 9.17) is 0 Å². The van der Waals surface area contributed by atoms with Crippen molar-refractivity contribution in [2.75, 3.05) is 11.9 Å². The number of hydrogen-bond donors (Lipinski definition) is 2. The van der Waals surface area contributed by atoms with Crippen LogP contribution in [0.15, 0.2) is 29.3 Å². The first-order valence-electron chi connectivity index (χ1n) is 7.72. The summed E-state index contributed by atoms with van der Waals surface area (Å²) >= 11 is 1.71. The number of H-pyrrole nitrogens is 1. The summed E-state index contributed by atoms with van der Waals surface area (Å²) in [6.07, 6.45) is 4.47. The van der Waals surface area contributed by atoms with Crippen LogP contribution in [0.2, 0.25) is 0 Å². The average Bonchev–Trinajstić information content (AvgIpc) is 2.98. The first-order chi connectivity index (χ1) is 11.5. The van der Waals surface area contributed by atoms with Crippen LogP contribution in [-0.4, -0.2) is 26.5 Å². The summed E-state index contributed by atoms with van der Waals surface area (Å²) in [6, 6.07) is 3.79. The molecule has 124 valence electrons. The molecular weight excluding hydrogens is 322 g/mol. The number of hydrogen-bond acceptors (Lipinski definition) is 6. The Morgan fingerprint density at radius 3 is 2.62 bits per heavy atom. The molecule has 0 saturated carbocycles. The lowest BCUT2D eigenvalue weighted by Crippen LogP contribution is -2.14. The van der Waals surface area contributed by atoms with Crippen LogP contribution in [0, 0.1) is 20.8 Å². The van der Waals surface area contributed by atoms with Crippen LogP contribution in [0.4, 0.5) is 5.82 Å². The molecule has 3 heterocycles. The van der Waals surface area contributed by atoms with E-state index in [1.165, 1.54) is 4.88 Å². The molecule has 0 unspecified atom stereocenters. The average molecular weight is 341 g/mol. The second kappa shape index (κ2) is 6.92. The van der Waals surface area contributed by atoms with Crippen LogP contribution in [0.5, 0.6) is 0 Å². The van der Waals surface area contributed by atoms with Gasteiger partial charge in [0.1, 0.15) is 11.6 Å². The van der Waals surface area contributed by atoms with Crippen molar-refractivity contribution in [3.8, 4) is 11.4 Å². The maximum absolute atomic E-state index is 11.8. The monoisotopic (exact) mass is 341 g/mol. The maximum atomic E-state index is 11.8. The molecule has 0 bridgehead atoms. The molecule has 0 aliphatic carbocycles. The second-order valence-corrected chi connectivity index (χ2v) is 6.92. The normalized spacial score (nSPS) is 10.8. The molecule has 0 spiro atoms. The summed E-state index contributed by atoms with van der Waals surface area (Å²) in [7, 11) is 0. The van der Waals surface area contributed by atoms with Gasteiger partial charge < -0.3 is 10.3 Å². The molecule has 0 aliphatic heterocycles. The highest BCUT2D eigenvalue weighted by molar-refractivity contribution is 7.11. The molecule has 0 atom stereocenters. The molecule has 3 aromatic heterocycles. The molecule has 0 amide bonds. The third-order valence-electron chi connectivity index (χ3n) is 3.75. The zero-order valence-electron chi connectivity index (χ0n) is 13.9. The van der Waals surface area contributed by atoms with Crippen LogP contribution in [0.25, 0.3) is 11.4 Å². The number of anilines is 1. The first-order valence-corrected chi connectivity index (χ1v) is 8.53. The molecule has 2 N–H and O–H groups in total. The molecule has 0 aromatic carbocycles. The lowest BCUT2D eigenvalue weighted by Gasteiger charge is -2.07. The Morgan fingerprint density at radius 1 is 1.17 bits per heavy atom.